The summed E-state index contributed by atoms with van der Waals surface area (Å²) in [7, 11) is 0. The fourth-order valence-corrected chi connectivity index (χ4v) is 4.22. The number of hydrogen-bond donors (Lipinski definition) is 3. The van der Waals surface area contributed by atoms with Gasteiger partial charge in [-0.1, -0.05) is 0 Å². The predicted molar refractivity (Wildman–Crippen MR) is 99.0 cm³/mol. The number of pyridine rings is 2. The first-order valence-corrected chi connectivity index (χ1v) is 9.04. The molecule has 0 saturated heterocycles. The zero-order valence-electron chi connectivity index (χ0n) is 14.3. The highest BCUT2D eigenvalue weighted by Gasteiger charge is 2.31. The molecule has 2 atom stereocenters. The van der Waals surface area contributed by atoms with Gasteiger partial charge in [-0.2, -0.15) is 10.4 Å². The predicted octanol–water partition coefficient (Wildman–Crippen LogP) is 2.94. The first-order chi connectivity index (χ1) is 12.8. The molecule has 4 heterocycles. The van der Waals surface area contributed by atoms with E-state index >= 15 is 0 Å². The second-order valence-corrected chi connectivity index (χ2v) is 7.05. The van der Waals surface area contributed by atoms with Crippen molar-refractivity contribution in [3.05, 3.63) is 41.3 Å². The first-order valence-electron chi connectivity index (χ1n) is 9.04. The Labute approximate surface area is 150 Å². The Bertz CT molecular complexity index is 999. The van der Waals surface area contributed by atoms with Crippen LogP contribution >= 0.6 is 0 Å². The van der Waals surface area contributed by atoms with Gasteiger partial charge in [0.2, 0.25) is 0 Å². The van der Waals surface area contributed by atoms with Crippen molar-refractivity contribution < 1.29 is 0 Å². The quantitative estimate of drug-likeness (QED) is 0.674. The number of hydrogen-bond acceptors (Lipinski definition) is 6. The van der Waals surface area contributed by atoms with E-state index in [0.29, 0.717) is 17.5 Å². The molecule has 0 amide bonds. The molecule has 2 aliphatic rings. The highest BCUT2D eigenvalue weighted by molar-refractivity contribution is 5.89. The molecule has 0 aromatic carbocycles. The van der Waals surface area contributed by atoms with Crippen molar-refractivity contribution >= 4 is 22.5 Å². The Morgan fingerprint density at radius 2 is 2.15 bits per heavy atom. The van der Waals surface area contributed by atoms with Crippen LogP contribution in [-0.4, -0.2) is 32.8 Å². The molecule has 3 aromatic heterocycles. The highest BCUT2D eigenvalue weighted by atomic mass is 15.1. The molecule has 0 radical (unpaired) electrons. The van der Waals surface area contributed by atoms with Crippen LogP contribution in [0.1, 0.15) is 42.0 Å². The average Bonchev–Trinajstić information content (AvgIpc) is 3.40. The summed E-state index contributed by atoms with van der Waals surface area (Å²) in [5.74, 6) is 2.28. The van der Waals surface area contributed by atoms with Gasteiger partial charge in [-0.05, 0) is 37.8 Å². The van der Waals surface area contributed by atoms with Crippen LogP contribution in [0.5, 0.6) is 0 Å². The highest BCUT2D eigenvalue weighted by Crippen LogP contribution is 2.40. The fourth-order valence-electron chi connectivity index (χ4n) is 4.22. The van der Waals surface area contributed by atoms with E-state index in [1.165, 1.54) is 16.6 Å². The Morgan fingerprint density at radius 3 is 3.00 bits per heavy atom. The van der Waals surface area contributed by atoms with Gasteiger partial charge in [0.25, 0.3) is 0 Å². The summed E-state index contributed by atoms with van der Waals surface area (Å²) in [6.07, 6.45) is 7.74. The second-order valence-electron chi connectivity index (χ2n) is 7.05. The smallest absolute Gasteiger partial charge is 0.130 e. The standard InChI is InChI=1S/C19H19N7/c20-8-11-1-4-16(22-9-11)24-13-3-2-12(7-13)18-17-14-5-6-21-19(14)23-10-15(17)25-26-18/h1,4,9-10,12-13H,2-3,5-7H2,(H,21,23)(H,22,24)(H,25,26)/t12-,13+/m0/s1. The molecule has 130 valence electrons. The van der Waals surface area contributed by atoms with Crippen LogP contribution in [0.4, 0.5) is 11.6 Å². The molecule has 0 bridgehead atoms. The number of anilines is 2. The first kappa shape index (κ1) is 15.1. The minimum absolute atomic E-state index is 0.375. The molecule has 1 saturated carbocycles. The van der Waals surface area contributed by atoms with Crippen LogP contribution in [0, 0.1) is 11.3 Å². The number of nitrogens with zero attached hydrogens (tertiary/aromatic N) is 4. The zero-order valence-corrected chi connectivity index (χ0v) is 14.3. The third-order valence-electron chi connectivity index (χ3n) is 5.46. The molecule has 3 N–H and O–H groups in total. The second kappa shape index (κ2) is 5.99. The summed E-state index contributed by atoms with van der Waals surface area (Å²) < 4.78 is 0. The summed E-state index contributed by atoms with van der Waals surface area (Å²) in [6, 6.07) is 6.15. The van der Waals surface area contributed by atoms with Gasteiger partial charge in [0.1, 0.15) is 17.7 Å². The summed E-state index contributed by atoms with van der Waals surface area (Å²) in [6.45, 7) is 0.950. The molecule has 1 fully saturated rings. The van der Waals surface area contributed by atoms with E-state index in [1.54, 1.807) is 12.3 Å². The number of fused-ring (bicyclic) bond motifs is 3. The van der Waals surface area contributed by atoms with Gasteiger partial charge in [-0.15, -0.1) is 0 Å². The van der Waals surface area contributed by atoms with Crippen molar-refractivity contribution in [2.75, 3.05) is 17.2 Å². The van der Waals surface area contributed by atoms with E-state index in [-0.39, 0.29) is 0 Å². The third-order valence-corrected chi connectivity index (χ3v) is 5.46. The van der Waals surface area contributed by atoms with E-state index in [4.69, 9.17) is 5.26 Å². The van der Waals surface area contributed by atoms with Crippen molar-refractivity contribution in [3.8, 4) is 6.07 Å². The van der Waals surface area contributed by atoms with Crippen LogP contribution in [0.2, 0.25) is 0 Å². The molecular weight excluding hydrogens is 326 g/mol. The Kier molecular flexibility index (Phi) is 3.49. The van der Waals surface area contributed by atoms with Gasteiger partial charge in [0, 0.05) is 35.7 Å². The number of aromatic nitrogens is 4. The normalized spacial score (nSPS) is 21.3. The Hall–Kier alpha value is -3.14. The van der Waals surface area contributed by atoms with Gasteiger partial charge in [-0.3, -0.25) is 5.10 Å². The van der Waals surface area contributed by atoms with Crippen LogP contribution in [0.15, 0.2) is 24.5 Å². The lowest BCUT2D eigenvalue weighted by Crippen LogP contribution is -2.16. The van der Waals surface area contributed by atoms with Gasteiger partial charge in [0.15, 0.2) is 0 Å². The van der Waals surface area contributed by atoms with Gasteiger partial charge < -0.3 is 10.6 Å². The minimum Gasteiger partial charge on any atom is -0.369 e. The largest absolute Gasteiger partial charge is 0.369 e. The molecule has 3 aromatic rings. The van der Waals surface area contributed by atoms with E-state index in [9.17, 15) is 0 Å². The fraction of sp³-hybridized carbons (Fsp3) is 0.368. The SMILES string of the molecule is N#Cc1ccc(N[C@@H]2CC[C@H](c3n[nH]c4cnc5c(c34)CCN5)C2)nc1. The maximum atomic E-state index is 8.88. The lowest BCUT2D eigenvalue weighted by Gasteiger charge is -2.13. The third kappa shape index (κ3) is 2.46. The number of aromatic amines is 1. The molecule has 7 heteroatoms. The molecule has 1 aliphatic heterocycles. The lowest BCUT2D eigenvalue weighted by atomic mass is 9.97. The van der Waals surface area contributed by atoms with Gasteiger partial charge >= 0.3 is 0 Å². The van der Waals surface area contributed by atoms with Crippen molar-refractivity contribution in [2.45, 2.75) is 37.6 Å². The molecular formula is C19H19N7. The van der Waals surface area contributed by atoms with Crippen molar-refractivity contribution in [1.82, 2.24) is 20.2 Å². The van der Waals surface area contributed by atoms with E-state index in [1.807, 2.05) is 12.3 Å². The molecule has 1 aliphatic carbocycles. The maximum absolute atomic E-state index is 8.88. The van der Waals surface area contributed by atoms with Gasteiger partial charge in [0.05, 0.1) is 23.0 Å². The summed E-state index contributed by atoms with van der Waals surface area (Å²) in [4.78, 5) is 8.81. The maximum Gasteiger partial charge on any atom is 0.130 e. The summed E-state index contributed by atoms with van der Waals surface area (Å²) in [5.41, 5.74) is 4.10. The van der Waals surface area contributed by atoms with Crippen molar-refractivity contribution in [2.24, 2.45) is 0 Å². The molecule has 0 spiro atoms. The summed E-state index contributed by atoms with van der Waals surface area (Å²) in [5, 5.41) is 24.8. The topological polar surface area (TPSA) is 102 Å². The minimum atomic E-state index is 0.375. The molecule has 0 unspecified atom stereocenters. The van der Waals surface area contributed by atoms with E-state index in [2.05, 4.69) is 36.9 Å². The average molecular weight is 345 g/mol. The molecule has 5 rings (SSSR count). The van der Waals surface area contributed by atoms with Crippen molar-refractivity contribution in [3.63, 3.8) is 0 Å². The van der Waals surface area contributed by atoms with Crippen molar-refractivity contribution in [1.29, 1.82) is 5.26 Å². The number of nitriles is 1. The Balaban J connectivity index is 1.37. The number of nitrogens with one attached hydrogen (secondary N) is 3. The lowest BCUT2D eigenvalue weighted by molar-refractivity contribution is 0.681. The molecule has 7 nitrogen and oxygen atoms in total. The zero-order chi connectivity index (χ0) is 17.5. The number of H-pyrrole nitrogens is 1. The van der Waals surface area contributed by atoms with Crippen LogP contribution in [0.3, 0.4) is 0 Å². The Morgan fingerprint density at radius 1 is 1.19 bits per heavy atom. The van der Waals surface area contributed by atoms with Crippen LogP contribution in [0.25, 0.3) is 10.9 Å². The number of rotatable bonds is 3. The van der Waals surface area contributed by atoms with E-state index in [0.717, 1.165) is 49.4 Å². The molecule has 26 heavy (non-hydrogen) atoms. The monoisotopic (exact) mass is 345 g/mol. The van der Waals surface area contributed by atoms with Gasteiger partial charge in [-0.25, -0.2) is 9.97 Å². The summed E-state index contributed by atoms with van der Waals surface area (Å²) >= 11 is 0. The van der Waals surface area contributed by atoms with Crippen LogP contribution < -0.4 is 10.6 Å². The van der Waals surface area contributed by atoms with Crippen LogP contribution in [-0.2, 0) is 6.42 Å². The van der Waals surface area contributed by atoms with E-state index < -0.39 is 0 Å².